The molecule has 0 saturated heterocycles. The van der Waals surface area contributed by atoms with E-state index in [2.05, 4.69) is 22.5 Å². The third-order valence-electron chi connectivity index (χ3n) is 4.48. The van der Waals surface area contributed by atoms with Gasteiger partial charge in [-0.2, -0.15) is 0 Å². The smallest absolute Gasteiger partial charge is 0.236 e. The molecule has 2 aromatic carbocycles. The van der Waals surface area contributed by atoms with Crippen LogP contribution in [0.1, 0.15) is 33.1 Å². The predicted octanol–water partition coefficient (Wildman–Crippen LogP) is 6.07. The lowest BCUT2D eigenvalue weighted by molar-refractivity contribution is -0.116. The van der Waals surface area contributed by atoms with Gasteiger partial charge in [-0.3, -0.25) is 9.59 Å². The highest BCUT2D eigenvalue weighted by atomic mass is 32.2. The number of nitrogens with one attached hydrogen (secondary N) is 2. The number of unbranched alkanes of at least 4 members (excludes halogenated alkanes) is 1. The van der Waals surface area contributed by atoms with Gasteiger partial charge in [0.25, 0.3) is 0 Å². The summed E-state index contributed by atoms with van der Waals surface area (Å²) in [5.74, 6) is 1.02. The van der Waals surface area contributed by atoms with Crippen molar-refractivity contribution in [3.8, 4) is 17.0 Å². The number of thioether (sulfide) groups is 1. The summed E-state index contributed by atoms with van der Waals surface area (Å²) in [6.07, 6.45) is 2.41. The number of ether oxygens (including phenoxy) is 1. The van der Waals surface area contributed by atoms with Gasteiger partial charge in [-0.25, -0.2) is 4.98 Å². The molecule has 0 bridgehead atoms. The maximum absolute atomic E-state index is 12.3. The molecule has 3 rings (SSSR count). The molecule has 6 nitrogen and oxygen atoms in total. The van der Waals surface area contributed by atoms with Crippen LogP contribution in [0.15, 0.2) is 58.8 Å². The van der Waals surface area contributed by atoms with Gasteiger partial charge in [0.15, 0.2) is 5.13 Å². The lowest BCUT2D eigenvalue weighted by Crippen LogP contribution is -2.13. The van der Waals surface area contributed by atoms with E-state index in [0.717, 1.165) is 40.4 Å². The van der Waals surface area contributed by atoms with E-state index in [0.29, 0.717) is 18.2 Å². The Labute approximate surface area is 196 Å². The second-order valence-corrected chi connectivity index (χ2v) is 8.92. The summed E-state index contributed by atoms with van der Waals surface area (Å²) in [5, 5.41) is 8.24. The zero-order chi connectivity index (χ0) is 22.8. The number of anilines is 2. The number of carbonyl (C=O) groups is 2. The maximum Gasteiger partial charge on any atom is 0.236 e. The molecular formula is C24H27N3O3S2. The Bertz CT molecular complexity index is 1020. The number of rotatable bonds is 11. The van der Waals surface area contributed by atoms with Gasteiger partial charge in [0.05, 0.1) is 18.1 Å². The van der Waals surface area contributed by atoms with Crippen molar-refractivity contribution in [1.82, 2.24) is 4.98 Å². The number of hydrogen-bond donors (Lipinski definition) is 2. The Hall–Kier alpha value is -2.84. The van der Waals surface area contributed by atoms with E-state index in [1.54, 1.807) is 0 Å². The average Bonchev–Trinajstić information content (AvgIpc) is 3.26. The average molecular weight is 470 g/mol. The van der Waals surface area contributed by atoms with Crippen molar-refractivity contribution in [2.75, 3.05) is 23.0 Å². The van der Waals surface area contributed by atoms with Gasteiger partial charge in [0.1, 0.15) is 5.75 Å². The topological polar surface area (TPSA) is 80.3 Å². The molecule has 2 N–H and O–H groups in total. The van der Waals surface area contributed by atoms with Crippen LogP contribution >= 0.6 is 23.1 Å². The first kappa shape index (κ1) is 23.8. The summed E-state index contributed by atoms with van der Waals surface area (Å²) >= 11 is 2.84. The lowest BCUT2D eigenvalue weighted by Gasteiger charge is -2.06. The van der Waals surface area contributed by atoms with Crippen LogP contribution in [0.3, 0.4) is 0 Å². The molecule has 0 aliphatic carbocycles. The second kappa shape index (κ2) is 12.3. The number of benzene rings is 2. The Morgan fingerprint density at radius 3 is 2.44 bits per heavy atom. The van der Waals surface area contributed by atoms with Crippen molar-refractivity contribution in [1.29, 1.82) is 0 Å². The fraction of sp³-hybridized carbons (Fsp3) is 0.292. The summed E-state index contributed by atoms with van der Waals surface area (Å²) in [7, 11) is 0. The Morgan fingerprint density at radius 1 is 1.00 bits per heavy atom. The van der Waals surface area contributed by atoms with Crippen molar-refractivity contribution in [3.63, 3.8) is 0 Å². The highest BCUT2D eigenvalue weighted by molar-refractivity contribution is 8.00. The summed E-state index contributed by atoms with van der Waals surface area (Å²) in [4.78, 5) is 29.6. The second-order valence-electron chi connectivity index (χ2n) is 7.01. The zero-order valence-corrected chi connectivity index (χ0v) is 19.9. The number of hydrogen-bond acceptors (Lipinski definition) is 6. The van der Waals surface area contributed by atoms with E-state index < -0.39 is 0 Å². The van der Waals surface area contributed by atoms with Crippen LogP contribution in [-0.4, -0.2) is 29.2 Å². The number of aromatic nitrogens is 1. The zero-order valence-electron chi connectivity index (χ0n) is 18.2. The number of amides is 2. The van der Waals surface area contributed by atoms with Crippen molar-refractivity contribution < 1.29 is 14.3 Å². The first-order valence-corrected chi connectivity index (χ1v) is 12.4. The summed E-state index contributed by atoms with van der Waals surface area (Å²) in [6, 6.07) is 15.3. The molecule has 3 aromatic rings. The highest BCUT2D eigenvalue weighted by Gasteiger charge is 2.09. The Kier molecular flexibility index (Phi) is 9.13. The van der Waals surface area contributed by atoms with Gasteiger partial charge in [-0.15, -0.1) is 23.1 Å². The number of thiazole rings is 1. The SMILES string of the molecule is CCCCC(=O)Nc1ccc(SCC(=O)Nc2nc(-c3ccc(OCC)cc3)cs2)cc1. The van der Waals surface area contributed by atoms with E-state index in [4.69, 9.17) is 4.74 Å². The summed E-state index contributed by atoms with van der Waals surface area (Å²) < 4.78 is 5.46. The van der Waals surface area contributed by atoms with Crippen LogP contribution in [-0.2, 0) is 9.59 Å². The van der Waals surface area contributed by atoms with E-state index in [1.165, 1.54) is 23.1 Å². The van der Waals surface area contributed by atoms with Crippen molar-refractivity contribution in [2.24, 2.45) is 0 Å². The summed E-state index contributed by atoms with van der Waals surface area (Å²) in [6.45, 7) is 4.64. The van der Waals surface area contributed by atoms with E-state index >= 15 is 0 Å². The van der Waals surface area contributed by atoms with Crippen molar-refractivity contribution >= 4 is 45.7 Å². The van der Waals surface area contributed by atoms with Gasteiger partial charge < -0.3 is 15.4 Å². The molecule has 0 fully saturated rings. The largest absolute Gasteiger partial charge is 0.494 e. The van der Waals surface area contributed by atoms with Gasteiger partial charge >= 0.3 is 0 Å². The lowest BCUT2D eigenvalue weighted by atomic mass is 10.2. The minimum Gasteiger partial charge on any atom is -0.494 e. The third kappa shape index (κ3) is 7.39. The first-order chi connectivity index (χ1) is 15.6. The van der Waals surface area contributed by atoms with Gasteiger partial charge in [-0.1, -0.05) is 13.3 Å². The van der Waals surface area contributed by atoms with Crippen LogP contribution in [0.5, 0.6) is 5.75 Å². The molecule has 0 atom stereocenters. The van der Waals surface area contributed by atoms with Gasteiger partial charge in [0.2, 0.25) is 11.8 Å². The fourth-order valence-electron chi connectivity index (χ4n) is 2.85. The molecular weight excluding hydrogens is 442 g/mol. The molecule has 0 unspecified atom stereocenters. The summed E-state index contributed by atoms with van der Waals surface area (Å²) in [5.41, 5.74) is 2.56. The van der Waals surface area contributed by atoms with E-state index in [-0.39, 0.29) is 17.6 Å². The predicted molar refractivity (Wildman–Crippen MR) is 133 cm³/mol. The standard InChI is InChI=1S/C24H27N3O3S2/c1-3-5-6-22(28)25-18-9-13-20(14-10-18)31-16-23(29)27-24-26-21(15-32-24)17-7-11-19(12-8-17)30-4-2/h7-15H,3-6,16H2,1-2H3,(H,25,28)(H,26,27,29). The molecule has 1 aromatic heterocycles. The monoisotopic (exact) mass is 469 g/mol. The minimum atomic E-state index is -0.112. The Balaban J connectivity index is 1.46. The van der Waals surface area contributed by atoms with Crippen molar-refractivity contribution in [2.45, 2.75) is 38.0 Å². The van der Waals surface area contributed by atoms with Crippen LogP contribution in [0.2, 0.25) is 0 Å². The molecule has 8 heteroatoms. The van der Waals surface area contributed by atoms with Gasteiger partial charge in [0, 0.05) is 27.9 Å². The van der Waals surface area contributed by atoms with E-state index in [9.17, 15) is 9.59 Å². The normalized spacial score (nSPS) is 10.6. The van der Waals surface area contributed by atoms with Gasteiger partial charge in [-0.05, 0) is 61.9 Å². The molecule has 2 amide bonds. The first-order valence-electron chi connectivity index (χ1n) is 10.6. The number of carbonyl (C=O) groups excluding carboxylic acids is 2. The quantitative estimate of drug-likeness (QED) is 0.333. The fourth-order valence-corrected chi connectivity index (χ4v) is 4.29. The van der Waals surface area contributed by atoms with E-state index in [1.807, 2.05) is 60.8 Å². The molecule has 1 heterocycles. The van der Waals surface area contributed by atoms with Crippen LogP contribution in [0.4, 0.5) is 10.8 Å². The molecule has 0 spiro atoms. The number of nitrogens with zero attached hydrogens (tertiary/aromatic N) is 1. The molecule has 0 aliphatic heterocycles. The molecule has 0 aliphatic rings. The Morgan fingerprint density at radius 2 is 1.75 bits per heavy atom. The van der Waals surface area contributed by atoms with Crippen LogP contribution in [0.25, 0.3) is 11.3 Å². The third-order valence-corrected chi connectivity index (χ3v) is 6.25. The molecule has 168 valence electrons. The molecule has 0 saturated carbocycles. The van der Waals surface area contributed by atoms with Crippen LogP contribution < -0.4 is 15.4 Å². The van der Waals surface area contributed by atoms with Crippen molar-refractivity contribution in [3.05, 3.63) is 53.9 Å². The minimum absolute atomic E-state index is 0.0275. The van der Waals surface area contributed by atoms with Crippen LogP contribution in [0, 0.1) is 0 Å². The molecule has 32 heavy (non-hydrogen) atoms. The highest BCUT2D eigenvalue weighted by Crippen LogP contribution is 2.27. The molecule has 0 radical (unpaired) electrons. The maximum atomic E-state index is 12.3.